The molecule has 4 aliphatic carbocycles. The molecule has 0 spiro atoms. The van der Waals surface area contributed by atoms with Crippen molar-refractivity contribution in [2.45, 2.75) is 55.7 Å². The van der Waals surface area contributed by atoms with E-state index in [4.69, 9.17) is 9.73 Å². The standard InChI is InChI=1S/C27H32N2O2S/c1-31-26-15-22(28-27(29-26)19-8-4-5-9-23(19)30)18-10-11-24-20(13-18)21-12-16-6-2-3-7-17(16)14-25(21)32-24/h2,4-6,8-11,14,16,19-23,25-26,30H,3,7,12-13,15H2,1H3,(H,28,29). The Morgan fingerprint density at radius 3 is 2.91 bits per heavy atom. The SMILES string of the molecule is COC1CC(C2=CC=C3SC4C=C5CCC=CC5CC4C3C2)NC(C2C=CC=CC2O)=N1. The normalized spacial score (nSPS) is 42.1. The highest BCUT2D eigenvalue weighted by atomic mass is 32.2. The van der Waals surface area contributed by atoms with Crippen LogP contribution in [0.2, 0.25) is 0 Å². The van der Waals surface area contributed by atoms with Crippen LogP contribution in [0.4, 0.5) is 0 Å². The van der Waals surface area contributed by atoms with Crippen molar-refractivity contribution in [1.29, 1.82) is 0 Å². The summed E-state index contributed by atoms with van der Waals surface area (Å²) in [7, 11) is 1.73. The van der Waals surface area contributed by atoms with Gasteiger partial charge in [0, 0.05) is 18.8 Å². The number of nitrogens with one attached hydrogen (secondary N) is 1. The predicted molar refractivity (Wildman–Crippen MR) is 131 cm³/mol. The van der Waals surface area contributed by atoms with E-state index >= 15 is 0 Å². The number of fused-ring (bicyclic) bond motifs is 4. The minimum Gasteiger partial charge on any atom is -0.388 e. The van der Waals surface area contributed by atoms with Gasteiger partial charge in [0.1, 0.15) is 5.84 Å². The molecule has 0 radical (unpaired) electrons. The lowest BCUT2D eigenvalue weighted by atomic mass is 9.70. The molecule has 32 heavy (non-hydrogen) atoms. The number of aliphatic hydroxyl groups excluding tert-OH is 1. The largest absolute Gasteiger partial charge is 0.388 e. The summed E-state index contributed by atoms with van der Waals surface area (Å²) in [5.74, 6) is 2.73. The van der Waals surface area contributed by atoms with Crippen LogP contribution in [0.15, 0.2) is 75.7 Å². The van der Waals surface area contributed by atoms with Gasteiger partial charge in [0.05, 0.1) is 18.1 Å². The monoisotopic (exact) mass is 448 g/mol. The molecule has 0 saturated carbocycles. The Kier molecular flexibility index (Phi) is 5.52. The molecule has 8 unspecified atom stereocenters. The van der Waals surface area contributed by atoms with E-state index in [-0.39, 0.29) is 18.2 Å². The zero-order chi connectivity index (χ0) is 21.7. The van der Waals surface area contributed by atoms with Crippen LogP contribution in [-0.2, 0) is 4.74 Å². The van der Waals surface area contributed by atoms with Crippen LogP contribution >= 0.6 is 11.8 Å². The first kappa shape index (κ1) is 20.8. The summed E-state index contributed by atoms with van der Waals surface area (Å²) >= 11 is 2.11. The number of hydrogen-bond acceptors (Lipinski definition) is 5. The van der Waals surface area contributed by atoms with Gasteiger partial charge in [-0.2, -0.15) is 0 Å². The Hall–Kier alpha value is -1.82. The molecule has 0 aromatic heterocycles. The molecule has 0 bridgehead atoms. The van der Waals surface area contributed by atoms with E-state index in [1.54, 1.807) is 17.6 Å². The molecule has 8 atom stereocenters. The third-order valence-corrected chi connectivity index (χ3v) is 9.50. The summed E-state index contributed by atoms with van der Waals surface area (Å²) in [6.45, 7) is 0. The minimum absolute atomic E-state index is 0.137. The van der Waals surface area contributed by atoms with Gasteiger partial charge in [0.25, 0.3) is 0 Å². The van der Waals surface area contributed by atoms with E-state index in [2.05, 4.69) is 47.5 Å². The van der Waals surface area contributed by atoms with Gasteiger partial charge < -0.3 is 15.2 Å². The Morgan fingerprint density at radius 2 is 2.03 bits per heavy atom. The number of amidine groups is 1. The van der Waals surface area contributed by atoms with Gasteiger partial charge in [-0.25, -0.2) is 4.99 Å². The molecule has 1 fully saturated rings. The molecule has 0 aromatic rings. The van der Waals surface area contributed by atoms with Crippen molar-refractivity contribution in [1.82, 2.24) is 5.32 Å². The molecule has 4 nitrogen and oxygen atoms in total. The summed E-state index contributed by atoms with van der Waals surface area (Å²) < 4.78 is 5.69. The van der Waals surface area contributed by atoms with Crippen LogP contribution in [0.1, 0.15) is 32.1 Å². The van der Waals surface area contributed by atoms with Gasteiger partial charge in [-0.05, 0) is 53.9 Å². The summed E-state index contributed by atoms with van der Waals surface area (Å²) in [5.41, 5.74) is 3.13. The van der Waals surface area contributed by atoms with Crippen LogP contribution in [-0.4, -0.2) is 41.7 Å². The number of methoxy groups -OCH3 is 1. The topological polar surface area (TPSA) is 53.8 Å². The van der Waals surface area contributed by atoms with Gasteiger partial charge in [0.15, 0.2) is 6.23 Å². The number of ether oxygens (including phenoxy) is 1. The van der Waals surface area contributed by atoms with E-state index < -0.39 is 6.10 Å². The van der Waals surface area contributed by atoms with Crippen molar-refractivity contribution in [2.75, 3.05) is 7.11 Å². The Balaban J connectivity index is 1.21. The first-order valence-corrected chi connectivity index (χ1v) is 12.9. The quantitative estimate of drug-likeness (QED) is 0.616. The molecular weight excluding hydrogens is 416 g/mol. The summed E-state index contributed by atoms with van der Waals surface area (Å²) in [6, 6.07) is 0.199. The number of rotatable bonds is 3. The zero-order valence-corrected chi connectivity index (χ0v) is 19.4. The van der Waals surface area contributed by atoms with Gasteiger partial charge >= 0.3 is 0 Å². The fourth-order valence-corrected chi connectivity index (χ4v) is 7.89. The number of thioether (sulfide) groups is 1. The average molecular weight is 449 g/mol. The third kappa shape index (κ3) is 3.68. The number of aliphatic imine (C=N–C) groups is 1. The van der Waals surface area contributed by atoms with Crippen molar-refractivity contribution >= 4 is 17.6 Å². The predicted octanol–water partition coefficient (Wildman–Crippen LogP) is 4.68. The summed E-state index contributed by atoms with van der Waals surface area (Å²) in [6.07, 6.45) is 24.9. The van der Waals surface area contributed by atoms with E-state index in [0.717, 1.165) is 24.6 Å². The minimum atomic E-state index is -0.548. The van der Waals surface area contributed by atoms with Crippen molar-refractivity contribution in [3.05, 3.63) is 70.7 Å². The molecular formula is C27H32N2O2S. The second-order valence-electron chi connectivity index (χ2n) is 9.84. The summed E-state index contributed by atoms with van der Waals surface area (Å²) in [5, 5.41) is 14.8. The van der Waals surface area contributed by atoms with Crippen LogP contribution in [0.25, 0.3) is 0 Å². The summed E-state index contributed by atoms with van der Waals surface area (Å²) in [4.78, 5) is 6.35. The molecule has 1 saturated heterocycles. The molecule has 6 rings (SSSR count). The van der Waals surface area contributed by atoms with Crippen LogP contribution in [0, 0.1) is 23.7 Å². The van der Waals surface area contributed by atoms with E-state index in [9.17, 15) is 5.11 Å². The number of aliphatic hydroxyl groups is 1. The maximum absolute atomic E-state index is 10.5. The molecule has 168 valence electrons. The van der Waals surface area contributed by atoms with Gasteiger partial charge in [-0.3, -0.25) is 0 Å². The first-order valence-electron chi connectivity index (χ1n) is 12.0. The lowest BCUT2D eigenvalue weighted by molar-refractivity contribution is 0.0896. The maximum atomic E-state index is 10.5. The number of hydrogen-bond donors (Lipinski definition) is 2. The Morgan fingerprint density at radius 1 is 1.12 bits per heavy atom. The van der Waals surface area contributed by atoms with Crippen LogP contribution in [0.5, 0.6) is 0 Å². The fourth-order valence-electron chi connectivity index (χ4n) is 6.28. The van der Waals surface area contributed by atoms with Crippen molar-refractivity contribution in [3.63, 3.8) is 0 Å². The Bertz CT molecular complexity index is 988. The van der Waals surface area contributed by atoms with Gasteiger partial charge in [0.2, 0.25) is 0 Å². The molecule has 5 heteroatoms. The highest BCUT2D eigenvalue weighted by Gasteiger charge is 2.45. The van der Waals surface area contributed by atoms with E-state index in [1.165, 1.54) is 24.8 Å². The van der Waals surface area contributed by atoms with E-state index in [0.29, 0.717) is 17.1 Å². The Labute approximate surface area is 195 Å². The van der Waals surface area contributed by atoms with Crippen LogP contribution in [0.3, 0.4) is 0 Å². The zero-order valence-electron chi connectivity index (χ0n) is 18.6. The smallest absolute Gasteiger partial charge is 0.152 e. The molecule has 0 aromatic carbocycles. The molecule has 2 heterocycles. The number of nitrogens with zero attached hydrogens (tertiary/aromatic N) is 1. The second-order valence-corrected chi connectivity index (χ2v) is 11.1. The maximum Gasteiger partial charge on any atom is 0.152 e. The average Bonchev–Trinajstić information content (AvgIpc) is 3.19. The third-order valence-electron chi connectivity index (χ3n) is 8.03. The van der Waals surface area contributed by atoms with Crippen molar-refractivity contribution in [3.8, 4) is 0 Å². The van der Waals surface area contributed by atoms with Crippen molar-refractivity contribution < 1.29 is 9.84 Å². The molecule has 2 aliphatic heterocycles. The molecule has 6 aliphatic rings. The number of allylic oxidation sites excluding steroid dienone is 8. The molecule has 2 N–H and O–H groups in total. The van der Waals surface area contributed by atoms with Gasteiger partial charge in [-0.1, -0.05) is 60.3 Å². The lowest BCUT2D eigenvalue weighted by Gasteiger charge is -2.38. The highest BCUT2D eigenvalue weighted by Crippen LogP contribution is 2.56. The van der Waals surface area contributed by atoms with Crippen LogP contribution < -0.4 is 5.32 Å². The first-order chi connectivity index (χ1) is 15.7. The fraction of sp³-hybridized carbons (Fsp3) is 0.519. The molecule has 0 amide bonds. The van der Waals surface area contributed by atoms with Crippen molar-refractivity contribution in [2.24, 2.45) is 28.7 Å². The van der Waals surface area contributed by atoms with Gasteiger partial charge in [-0.15, -0.1) is 11.8 Å². The lowest BCUT2D eigenvalue weighted by Crippen LogP contribution is -2.49. The highest BCUT2D eigenvalue weighted by molar-refractivity contribution is 8.04. The second kappa shape index (κ2) is 8.51. The van der Waals surface area contributed by atoms with E-state index in [1.807, 2.05) is 24.3 Å².